The fourth-order valence-corrected chi connectivity index (χ4v) is 4.18. The van der Waals surface area contributed by atoms with Crippen molar-refractivity contribution in [1.82, 2.24) is 0 Å². The Balaban J connectivity index is 1.61. The van der Waals surface area contributed by atoms with Crippen LogP contribution in [0.5, 0.6) is 5.75 Å². The molecule has 0 radical (unpaired) electrons. The average molecular weight is 467 g/mol. The lowest BCUT2D eigenvalue weighted by Gasteiger charge is -2.15. The topological polar surface area (TPSA) is 58.6 Å². The van der Waals surface area contributed by atoms with Gasteiger partial charge in [-0.05, 0) is 67.3 Å². The van der Waals surface area contributed by atoms with Crippen LogP contribution in [0, 0.1) is 5.82 Å². The number of fused-ring (bicyclic) bond motifs is 1. The first-order valence-electron chi connectivity index (χ1n) is 11.3. The summed E-state index contributed by atoms with van der Waals surface area (Å²) in [4.78, 5) is 28.3. The summed E-state index contributed by atoms with van der Waals surface area (Å²) >= 11 is 0. The lowest BCUT2D eigenvalue weighted by molar-refractivity contribution is -0.120. The molecular formula is C29H23FN2O3. The third kappa shape index (κ3) is 4.26. The van der Waals surface area contributed by atoms with Crippen LogP contribution >= 0.6 is 0 Å². The van der Waals surface area contributed by atoms with Gasteiger partial charge >= 0.3 is 0 Å². The van der Waals surface area contributed by atoms with Crippen LogP contribution in [-0.4, -0.2) is 17.9 Å². The summed E-state index contributed by atoms with van der Waals surface area (Å²) in [5.41, 5.74) is 1.98. The van der Waals surface area contributed by atoms with E-state index in [-0.39, 0.29) is 17.4 Å². The predicted octanol–water partition coefficient (Wildman–Crippen LogP) is 6.16. The monoisotopic (exact) mass is 466 g/mol. The SMILES string of the molecule is CC(C)Oc1ccc(C2=C(Nc3cccc4ccccc34)C(=O)N(c3ccc(F)cc3)C2=O)cc1. The van der Waals surface area contributed by atoms with E-state index in [1.807, 2.05) is 56.3 Å². The molecule has 0 atom stereocenters. The van der Waals surface area contributed by atoms with Gasteiger partial charge in [-0.25, -0.2) is 9.29 Å². The number of halogens is 1. The Hall–Kier alpha value is -4.45. The third-order valence-corrected chi connectivity index (χ3v) is 5.73. The van der Waals surface area contributed by atoms with Crippen LogP contribution in [0.3, 0.4) is 0 Å². The molecule has 0 saturated carbocycles. The van der Waals surface area contributed by atoms with E-state index >= 15 is 0 Å². The van der Waals surface area contributed by atoms with Crippen molar-refractivity contribution in [1.29, 1.82) is 0 Å². The Morgan fingerprint density at radius 3 is 2.20 bits per heavy atom. The Labute approximate surface area is 202 Å². The van der Waals surface area contributed by atoms with Crippen molar-refractivity contribution in [2.75, 3.05) is 10.2 Å². The van der Waals surface area contributed by atoms with Crippen LogP contribution < -0.4 is 15.0 Å². The second-order valence-electron chi connectivity index (χ2n) is 8.51. The molecule has 0 aromatic heterocycles. The first kappa shape index (κ1) is 22.3. The minimum atomic E-state index is -0.507. The van der Waals surface area contributed by atoms with E-state index in [9.17, 15) is 14.0 Å². The summed E-state index contributed by atoms with van der Waals surface area (Å²) in [5.74, 6) is -0.773. The Morgan fingerprint density at radius 1 is 0.800 bits per heavy atom. The van der Waals surface area contributed by atoms with E-state index in [1.54, 1.807) is 24.3 Å². The van der Waals surface area contributed by atoms with Gasteiger partial charge in [0.25, 0.3) is 11.8 Å². The molecule has 174 valence electrons. The van der Waals surface area contributed by atoms with Gasteiger partial charge in [0.1, 0.15) is 17.3 Å². The van der Waals surface area contributed by atoms with Crippen molar-refractivity contribution in [2.45, 2.75) is 20.0 Å². The van der Waals surface area contributed by atoms with E-state index in [2.05, 4.69) is 5.32 Å². The number of anilines is 2. The lowest BCUT2D eigenvalue weighted by atomic mass is 10.0. The minimum Gasteiger partial charge on any atom is -0.491 e. The molecule has 0 aliphatic carbocycles. The summed E-state index contributed by atoms with van der Waals surface area (Å²) in [6.45, 7) is 3.87. The van der Waals surface area contributed by atoms with Gasteiger partial charge in [-0.3, -0.25) is 9.59 Å². The molecule has 1 heterocycles. The number of nitrogens with one attached hydrogen (secondary N) is 1. The Bertz CT molecular complexity index is 1450. The Kier molecular flexibility index (Phi) is 5.79. The minimum absolute atomic E-state index is 0.00677. The molecule has 0 bridgehead atoms. The van der Waals surface area contributed by atoms with Crippen LogP contribution in [0.2, 0.25) is 0 Å². The average Bonchev–Trinajstić information content (AvgIpc) is 3.09. The number of rotatable bonds is 6. The molecule has 5 rings (SSSR count). The molecule has 0 saturated heterocycles. The number of nitrogens with zero attached hydrogens (tertiary/aromatic N) is 1. The smallest absolute Gasteiger partial charge is 0.282 e. The van der Waals surface area contributed by atoms with E-state index in [0.717, 1.165) is 15.7 Å². The third-order valence-electron chi connectivity index (χ3n) is 5.73. The zero-order valence-electron chi connectivity index (χ0n) is 19.3. The number of ether oxygens (including phenoxy) is 1. The fraction of sp³-hybridized carbons (Fsp3) is 0.103. The van der Waals surface area contributed by atoms with Crippen molar-refractivity contribution in [3.8, 4) is 5.75 Å². The molecule has 0 fully saturated rings. The molecule has 0 unspecified atom stereocenters. The summed E-state index contributed by atoms with van der Waals surface area (Å²) in [7, 11) is 0. The highest BCUT2D eigenvalue weighted by atomic mass is 19.1. The van der Waals surface area contributed by atoms with Gasteiger partial charge in [0, 0.05) is 11.1 Å². The van der Waals surface area contributed by atoms with Crippen molar-refractivity contribution in [2.24, 2.45) is 0 Å². The zero-order chi connectivity index (χ0) is 24.5. The van der Waals surface area contributed by atoms with E-state index in [4.69, 9.17) is 4.74 Å². The maximum atomic E-state index is 13.6. The fourth-order valence-electron chi connectivity index (χ4n) is 4.18. The molecule has 1 aliphatic rings. The van der Waals surface area contributed by atoms with E-state index < -0.39 is 17.6 Å². The molecule has 0 spiro atoms. The van der Waals surface area contributed by atoms with Crippen molar-refractivity contribution in [3.63, 3.8) is 0 Å². The van der Waals surface area contributed by atoms with Gasteiger partial charge < -0.3 is 10.1 Å². The zero-order valence-corrected chi connectivity index (χ0v) is 19.3. The maximum absolute atomic E-state index is 13.6. The molecule has 6 heteroatoms. The van der Waals surface area contributed by atoms with Gasteiger partial charge in [-0.1, -0.05) is 48.5 Å². The summed E-state index contributed by atoms with van der Waals surface area (Å²) in [6, 6.07) is 25.9. The summed E-state index contributed by atoms with van der Waals surface area (Å²) < 4.78 is 19.2. The molecular weight excluding hydrogens is 443 g/mol. The second kappa shape index (κ2) is 9.06. The van der Waals surface area contributed by atoms with Crippen LogP contribution in [0.25, 0.3) is 16.3 Å². The Morgan fingerprint density at radius 2 is 1.49 bits per heavy atom. The lowest BCUT2D eigenvalue weighted by Crippen LogP contribution is -2.32. The quantitative estimate of drug-likeness (QED) is 0.346. The normalized spacial score (nSPS) is 13.8. The predicted molar refractivity (Wildman–Crippen MR) is 136 cm³/mol. The highest BCUT2D eigenvalue weighted by molar-refractivity contribution is 6.46. The van der Waals surface area contributed by atoms with Gasteiger partial charge in [-0.15, -0.1) is 0 Å². The summed E-state index contributed by atoms with van der Waals surface area (Å²) in [5, 5.41) is 5.15. The molecule has 35 heavy (non-hydrogen) atoms. The van der Waals surface area contributed by atoms with Crippen LogP contribution in [0.4, 0.5) is 15.8 Å². The van der Waals surface area contributed by atoms with E-state index in [0.29, 0.717) is 22.7 Å². The standard InChI is InChI=1S/C29H23FN2O3/c1-18(2)35-23-16-10-20(11-17-23)26-27(31-25-9-5-7-19-6-3-4-8-24(19)25)29(34)32(28(26)33)22-14-12-21(30)13-15-22/h3-18,31H,1-2H3. The van der Waals surface area contributed by atoms with Crippen LogP contribution in [-0.2, 0) is 9.59 Å². The summed E-state index contributed by atoms with van der Waals surface area (Å²) in [6.07, 6.45) is 0.00677. The molecule has 5 nitrogen and oxygen atoms in total. The first-order valence-corrected chi connectivity index (χ1v) is 11.3. The van der Waals surface area contributed by atoms with Crippen LogP contribution in [0.15, 0.2) is 96.7 Å². The highest BCUT2D eigenvalue weighted by Crippen LogP contribution is 2.35. The molecule has 4 aromatic carbocycles. The number of benzene rings is 4. The van der Waals surface area contributed by atoms with Crippen molar-refractivity contribution >= 4 is 39.5 Å². The van der Waals surface area contributed by atoms with Crippen molar-refractivity contribution in [3.05, 3.63) is 108 Å². The first-order chi connectivity index (χ1) is 16.9. The second-order valence-corrected chi connectivity index (χ2v) is 8.51. The number of carbonyl (C=O) groups excluding carboxylic acids is 2. The number of amides is 2. The molecule has 1 N–H and O–H groups in total. The maximum Gasteiger partial charge on any atom is 0.282 e. The number of imide groups is 1. The molecule has 4 aromatic rings. The molecule has 1 aliphatic heterocycles. The molecule has 2 amide bonds. The van der Waals surface area contributed by atoms with Crippen molar-refractivity contribution < 1.29 is 18.7 Å². The van der Waals surface area contributed by atoms with Gasteiger partial charge in [0.05, 0.1) is 17.4 Å². The number of carbonyl (C=O) groups is 2. The largest absolute Gasteiger partial charge is 0.491 e. The van der Waals surface area contributed by atoms with Gasteiger partial charge in [-0.2, -0.15) is 0 Å². The van der Waals surface area contributed by atoms with Gasteiger partial charge in [0.2, 0.25) is 0 Å². The van der Waals surface area contributed by atoms with E-state index in [1.165, 1.54) is 24.3 Å². The highest BCUT2D eigenvalue weighted by Gasteiger charge is 2.40. The van der Waals surface area contributed by atoms with Gasteiger partial charge in [0.15, 0.2) is 0 Å². The van der Waals surface area contributed by atoms with Crippen LogP contribution in [0.1, 0.15) is 19.4 Å². The number of hydrogen-bond donors (Lipinski definition) is 1. The number of hydrogen-bond acceptors (Lipinski definition) is 4.